The van der Waals surface area contributed by atoms with Crippen molar-refractivity contribution in [3.05, 3.63) is 84.2 Å². The summed E-state index contributed by atoms with van der Waals surface area (Å²) in [7, 11) is -3.02. The fraction of sp³-hybridized carbons (Fsp3) is 0. The van der Waals surface area contributed by atoms with Crippen LogP contribution in [0, 0.1) is 0 Å². The van der Waals surface area contributed by atoms with Crippen molar-refractivity contribution in [3.8, 4) is 0 Å². The van der Waals surface area contributed by atoms with Gasteiger partial charge in [-0.15, -0.1) is 0 Å². The Kier molecular flexibility index (Phi) is 6.58. The summed E-state index contributed by atoms with van der Waals surface area (Å²) in [4.78, 5) is 19.7. The van der Waals surface area contributed by atoms with Crippen LogP contribution in [-0.2, 0) is 9.45 Å². The van der Waals surface area contributed by atoms with Gasteiger partial charge in [-0.2, -0.15) is 0 Å². The molecule has 0 aliphatic carbocycles. The first-order valence-electron chi connectivity index (χ1n) is 7.00. The normalized spacial score (nSPS) is 11.8. The van der Waals surface area contributed by atoms with Gasteiger partial charge in [-0.1, -0.05) is 12.1 Å². The van der Waals surface area contributed by atoms with Crippen LogP contribution in [0.25, 0.3) is 12.2 Å². The van der Waals surface area contributed by atoms with Crippen LogP contribution < -0.4 is 0 Å². The quantitative estimate of drug-likeness (QED) is 0.338. The minimum Gasteiger partial charge on any atom is -0.505 e. The minimum atomic E-state index is -3.02. The molecule has 0 spiro atoms. The average Bonchev–Trinajstić information content (AvgIpc) is 2.59. The molecular formula is C17H13BF2N2O2. The molecule has 0 amide bonds. The van der Waals surface area contributed by atoms with Crippen molar-refractivity contribution in [3.63, 3.8) is 0 Å². The number of hydrogen-bond donors (Lipinski definition) is 0. The number of allylic oxidation sites excluding steroid dienone is 3. The van der Waals surface area contributed by atoms with Gasteiger partial charge in [0.1, 0.15) is 5.76 Å². The Morgan fingerprint density at radius 1 is 1.00 bits per heavy atom. The van der Waals surface area contributed by atoms with Crippen LogP contribution in [0.2, 0.25) is 0 Å². The van der Waals surface area contributed by atoms with Gasteiger partial charge in [0.25, 0.3) is 0 Å². The monoisotopic (exact) mass is 326 g/mol. The number of halogens is 2. The van der Waals surface area contributed by atoms with E-state index in [2.05, 4.69) is 14.6 Å². The fourth-order valence-electron chi connectivity index (χ4n) is 1.72. The Hall–Kier alpha value is -3.09. The van der Waals surface area contributed by atoms with Crippen LogP contribution in [0.4, 0.5) is 8.63 Å². The molecule has 0 aliphatic heterocycles. The van der Waals surface area contributed by atoms with Gasteiger partial charge in [0, 0.05) is 30.9 Å². The van der Waals surface area contributed by atoms with E-state index in [9.17, 15) is 13.4 Å². The first-order valence-corrected chi connectivity index (χ1v) is 7.00. The lowest BCUT2D eigenvalue weighted by Gasteiger charge is -2.02. The molecule has 0 atom stereocenters. The first kappa shape index (κ1) is 17.3. The zero-order valence-corrected chi connectivity index (χ0v) is 12.5. The highest BCUT2D eigenvalue weighted by Crippen LogP contribution is 2.09. The number of rotatable bonds is 7. The van der Waals surface area contributed by atoms with Gasteiger partial charge in [-0.25, -0.2) is 8.63 Å². The molecule has 0 radical (unpaired) electrons. The number of pyridine rings is 2. The number of carbonyl (C=O) groups is 1. The van der Waals surface area contributed by atoms with E-state index in [0.717, 1.165) is 11.6 Å². The third-order valence-corrected chi connectivity index (χ3v) is 2.76. The summed E-state index contributed by atoms with van der Waals surface area (Å²) in [5.74, 6) is -0.722. The van der Waals surface area contributed by atoms with Crippen molar-refractivity contribution in [2.75, 3.05) is 0 Å². The molecule has 0 N–H and O–H groups in total. The van der Waals surface area contributed by atoms with E-state index in [-0.39, 0.29) is 5.76 Å². The molecule has 2 rings (SSSR count). The highest BCUT2D eigenvalue weighted by molar-refractivity contribution is 6.35. The van der Waals surface area contributed by atoms with E-state index in [4.69, 9.17) is 0 Å². The highest BCUT2D eigenvalue weighted by Gasteiger charge is 2.18. The number of aromatic nitrogens is 2. The average molecular weight is 326 g/mol. The molecule has 0 aliphatic rings. The molecule has 4 nitrogen and oxygen atoms in total. The zero-order valence-electron chi connectivity index (χ0n) is 12.5. The van der Waals surface area contributed by atoms with Gasteiger partial charge < -0.3 is 4.65 Å². The fourth-order valence-corrected chi connectivity index (χ4v) is 1.72. The number of ketones is 1. The lowest BCUT2D eigenvalue weighted by atomic mass is 10.2. The van der Waals surface area contributed by atoms with Crippen LogP contribution in [0.1, 0.15) is 11.1 Å². The Morgan fingerprint density at radius 2 is 1.58 bits per heavy atom. The predicted molar refractivity (Wildman–Crippen MR) is 88.7 cm³/mol. The van der Waals surface area contributed by atoms with Crippen molar-refractivity contribution in [2.45, 2.75) is 0 Å². The predicted octanol–water partition coefficient (Wildman–Crippen LogP) is 3.60. The van der Waals surface area contributed by atoms with E-state index in [0.29, 0.717) is 5.56 Å². The SMILES string of the molecule is O=C(/C=C(/C=C/c1cccnc1)OB(F)F)/C=C/c1cccnc1. The molecule has 0 saturated carbocycles. The van der Waals surface area contributed by atoms with Gasteiger partial charge in [0.15, 0.2) is 5.78 Å². The Morgan fingerprint density at radius 3 is 2.08 bits per heavy atom. The van der Waals surface area contributed by atoms with E-state index in [1.54, 1.807) is 49.1 Å². The molecule has 2 heterocycles. The van der Waals surface area contributed by atoms with Crippen LogP contribution in [0.15, 0.2) is 73.0 Å². The number of nitrogens with zero attached hydrogens (tertiary/aromatic N) is 2. The molecule has 7 heteroatoms. The van der Waals surface area contributed by atoms with E-state index < -0.39 is 13.3 Å². The van der Waals surface area contributed by atoms with Crippen molar-refractivity contribution < 1.29 is 18.1 Å². The summed E-state index contributed by atoms with van der Waals surface area (Å²) in [6.45, 7) is 0. The van der Waals surface area contributed by atoms with E-state index in [1.807, 2.05) is 0 Å². The second-order valence-corrected chi connectivity index (χ2v) is 4.57. The largest absolute Gasteiger partial charge is 0.796 e. The lowest BCUT2D eigenvalue weighted by Crippen LogP contribution is -2.04. The molecule has 24 heavy (non-hydrogen) atoms. The van der Waals surface area contributed by atoms with Crippen molar-refractivity contribution in [1.29, 1.82) is 0 Å². The molecule has 120 valence electrons. The van der Waals surface area contributed by atoms with Gasteiger partial charge >= 0.3 is 7.47 Å². The number of carbonyl (C=O) groups excluding carboxylic acids is 1. The van der Waals surface area contributed by atoms with Crippen molar-refractivity contribution in [2.24, 2.45) is 0 Å². The third kappa shape index (κ3) is 6.35. The maximum atomic E-state index is 12.5. The standard InChI is InChI=1S/C17H13BF2N2O2/c19-18(20)24-17(8-6-15-4-2-10-22-13-15)11-16(23)7-5-14-3-1-9-21-12-14/h1-13H/b7-5+,8-6+,17-11-. The van der Waals surface area contributed by atoms with Crippen molar-refractivity contribution in [1.82, 2.24) is 9.97 Å². The first-order chi connectivity index (χ1) is 11.6. The molecule has 2 aromatic rings. The maximum absolute atomic E-state index is 12.5. The number of hydrogen-bond acceptors (Lipinski definition) is 4. The summed E-state index contributed by atoms with van der Waals surface area (Å²) in [5, 5.41) is 0. The Balaban J connectivity index is 2.11. The zero-order chi connectivity index (χ0) is 17.2. The molecule has 0 bridgehead atoms. The summed E-state index contributed by atoms with van der Waals surface area (Å²) < 4.78 is 29.3. The Labute approximate surface area is 138 Å². The molecular weight excluding hydrogens is 313 g/mol. The summed E-state index contributed by atoms with van der Waals surface area (Å²) in [6, 6.07) is 6.94. The van der Waals surface area contributed by atoms with Crippen molar-refractivity contribution >= 4 is 25.4 Å². The van der Waals surface area contributed by atoms with Crippen LogP contribution >= 0.6 is 0 Å². The van der Waals surface area contributed by atoms with Gasteiger partial charge in [0.2, 0.25) is 0 Å². The van der Waals surface area contributed by atoms with Gasteiger partial charge in [-0.05, 0) is 47.6 Å². The third-order valence-electron chi connectivity index (χ3n) is 2.76. The molecule has 0 unspecified atom stereocenters. The summed E-state index contributed by atoms with van der Waals surface area (Å²) >= 11 is 0. The van der Waals surface area contributed by atoms with E-state index in [1.165, 1.54) is 24.3 Å². The molecule has 0 saturated heterocycles. The topological polar surface area (TPSA) is 52.1 Å². The van der Waals surface area contributed by atoms with Crippen LogP contribution in [0.3, 0.4) is 0 Å². The Bertz CT molecular complexity index is 748. The molecule has 2 aromatic heterocycles. The van der Waals surface area contributed by atoms with Gasteiger partial charge in [0.05, 0.1) is 0 Å². The van der Waals surface area contributed by atoms with E-state index >= 15 is 0 Å². The summed E-state index contributed by atoms with van der Waals surface area (Å²) in [5.41, 5.74) is 1.42. The highest BCUT2D eigenvalue weighted by atomic mass is 19.2. The maximum Gasteiger partial charge on any atom is 0.796 e. The summed E-state index contributed by atoms with van der Waals surface area (Å²) in [6.07, 6.45) is 12.9. The molecule has 0 fully saturated rings. The second-order valence-electron chi connectivity index (χ2n) is 4.57. The van der Waals surface area contributed by atoms with Gasteiger partial charge in [-0.3, -0.25) is 14.8 Å². The minimum absolute atomic E-state index is 0.241. The molecule has 0 aromatic carbocycles. The second kappa shape index (κ2) is 9.14. The van der Waals surface area contributed by atoms with Crippen LogP contribution in [0.5, 0.6) is 0 Å². The van der Waals surface area contributed by atoms with Crippen LogP contribution in [-0.4, -0.2) is 23.2 Å². The smallest absolute Gasteiger partial charge is 0.505 e. The lowest BCUT2D eigenvalue weighted by molar-refractivity contribution is -0.110.